The third-order valence-corrected chi connectivity index (χ3v) is 2.47. The lowest BCUT2D eigenvalue weighted by Crippen LogP contribution is -2.11. The van der Waals surface area contributed by atoms with Crippen LogP contribution in [0.15, 0.2) is 54.9 Å². The Morgan fingerprint density at radius 2 is 2.05 bits per heavy atom. The van der Waals surface area contributed by atoms with Crippen LogP contribution in [0.25, 0.3) is 6.08 Å². The molecule has 0 unspecified atom stereocenters. The van der Waals surface area contributed by atoms with Crippen molar-refractivity contribution in [3.63, 3.8) is 0 Å². The molecule has 0 saturated carbocycles. The van der Waals surface area contributed by atoms with Crippen LogP contribution in [0.2, 0.25) is 0 Å². The third-order valence-electron chi connectivity index (χ3n) is 2.47. The first-order chi connectivity index (χ1) is 10.1. The van der Waals surface area contributed by atoms with Crippen LogP contribution in [0.4, 0.5) is 14.5 Å². The Morgan fingerprint density at radius 1 is 1.24 bits per heavy atom. The highest BCUT2D eigenvalue weighted by Gasteiger charge is 2.10. The molecule has 21 heavy (non-hydrogen) atoms. The molecule has 1 heterocycles. The van der Waals surface area contributed by atoms with Gasteiger partial charge in [0.1, 0.15) is 5.75 Å². The SMILES string of the molecule is O=C(/C=C/c1cccnc1)Nc1ccccc1OC(F)F. The second kappa shape index (κ2) is 7.14. The molecule has 0 aliphatic carbocycles. The smallest absolute Gasteiger partial charge is 0.387 e. The van der Waals surface area contributed by atoms with Gasteiger partial charge < -0.3 is 10.1 Å². The number of rotatable bonds is 5. The van der Waals surface area contributed by atoms with Crippen LogP contribution in [0.1, 0.15) is 5.56 Å². The zero-order valence-corrected chi connectivity index (χ0v) is 10.9. The molecule has 1 amide bonds. The average Bonchev–Trinajstić information content (AvgIpc) is 2.48. The van der Waals surface area contributed by atoms with E-state index >= 15 is 0 Å². The Labute approximate surface area is 120 Å². The van der Waals surface area contributed by atoms with Gasteiger partial charge in [-0.1, -0.05) is 18.2 Å². The summed E-state index contributed by atoms with van der Waals surface area (Å²) in [6, 6.07) is 9.51. The second-order valence-corrected chi connectivity index (χ2v) is 3.98. The highest BCUT2D eigenvalue weighted by molar-refractivity contribution is 6.02. The normalized spacial score (nSPS) is 10.8. The monoisotopic (exact) mass is 290 g/mol. The number of ether oxygens (including phenoxy) is 1. The molecule has 1 aromatic heterocycles. The maximum absolute atomic E-state index is 12.3. The highest BCUT2D eigenvalue weighted by Crippen LogP contribution is 2.25. The fraction of sp³-hybridized carbons (Fsp3) is 0.0667. The molecule has 0 atom stereocenters. The van der Waals surface area contributed by atoms with E-state index in [0.717, 1.165) is 5.56 Å². The topological polar surface area (TPSA) is 51.2 Å². The fourth-order valence-electron chi connectivity index (χ4n) is 1.59. The third kappa shape index (κ3) is 4.68. The summed E-state index contributed by atoms with van der Waals surface area (Å²) in [5.41, 5.74) is 0.934. The van der Waals surface area contributed by atoms with E-state index in [-0.39, 0.29) is 11.4 Å². The lowest BCUT2D eigenvalue weighted by atomic mass is 10.2. The van der Waals surface area contributed by atoms with Gasteiger partial charge in [0.2, 0.25) is 5.91 Å². The molecule has 4 nitrogen and oxygen atoms in total. The molecule has 0 saturated heterocycles. The van der Waals surface area contributed by atoms with E-state index in [2.05, 4.69) is 15.0 Å². The van der Waals surface area contributed by atoms with Crippen molar-refractivity contribution in [2.45, 2.75) is 6.61 Å². The van der Waals surface area contributed by atoms with E-state index in [4.69, 9.17) is 0 Å². The number of nitrogens with zero attached hydrogens (tertiary/aromatic N) is 1. The maximum atomic E-state index is 12.3. The molecule has 1 N–H and O–H groups in total. The van der Waals surface area contributed by atoms with Gasteiger partial charge >= 0.3 is 6.61 Å². The molecule has 0 fully saturated rings. The van der Waals surface area contributed by atoms with Gasteiger partial charge in [0.05, 0.1) is 5.69 Å². The zero-order valence-electron chi connectivity index (χ0n) is 10.9. The number of carbonyl (C=O) groups excluding carboxylic acids is 1. The number of benzene rings is 1. The van der Waals surface area contributed by atoms with E-state index in [0.29, 0.717) is 0 Å². The van der Waals surface area contributed by atoms with Gasteiger partial charge in [0, 0.05) is 18.5 Å². The first kappa shape index (κ1) is 14.6. The largest absolute Gasteiger partial charge is 0.433 e. The summed E-state index contributed by atoms with van der Waals surface area (Å²) >= 11 is 0. The highest BCUT2D eigenvalue weighted by atomic mass is 19.3. The molecule has 0 radical (unpaired) electrons. The number of amides is 1. The fourth-order valence-corrected chi connectivity index (χ4v) is 1.59. The number of halogens is 2. The Hall–Kier alpha value is -2.76. The van der Waals surface area contributed by atoms with Gasteiger partial charge in [0.15, 0.2) is 0 Å². The summed E-state index contributed by atoms with van der Waals surface area (Å²) in [5, 5.41) is 2.48. The lowest BCUT2D eigenvalue weighted by Gasteiger charge is -2.10. The maximum Gasteiger partial charge on any atom is 0.387 e. The summed E-state index contributed by atoms with van der Waals surface area (Å²) in [4.78, 5) is 15.7. The summed E-state index contributed by atoms with van der Waals surface area (Å²) in [7, 11) is 0. The van der Waals surface area contributed by atoms with E-state index < -0.39 is 12.5 Å². The van der Waals surface area contributed by atoms with Crippen molar-refractivity contribution in [1.29, 1.82) is 0 Å². The van der Waals surface area contributed by atoms with Crippen molar-refractivity contribution in [3.8, 4) is 5.75 Å². The summed E-state index contributed by atoms with van der Waals surface area (Å²) in [6.07, 6.45) is 6.07. The van der Waals surface area contributed by atoms with Crippen LogP contribution < -0.4 is 10.1 Å². The zero-order chi connectivity index (χ0) is 15.1. The van der Waals surface area contributed by atoms with Crippen molar-refractivity contribution in [2.24, 2.45) is 0 Å². The van der Waals surface area contributed by atoms with E-state index in [9.17, 15) is 13.6 Å². The number of hydrogen-bond acceptors (Lipinski definition) is 3. The van der Waals surface area contributed by atoms with Crippen LogP contribution in [0.3, 0.4) is 0 Å². The summed E-state index contributed by atoms with van der Waals surface area (Å²) in [6.45, 7) is -2.95. The molecule has 0 spiro atoms. The van der Waals surface area contributed by atoms with E-state index in [1.54, 1.807) is 42.7 Å². The Kier molecular flexibility index (Phi) is 4.98. The van der Waals surface area contributed by atoms with Gasteiger partial charge in [-0.15, -0.1) is 0 Å². The van der Waals surface area contributed by atoms with Crippen LogP contribution in [0.5, 0.6) is 5.75 Å². The van der Waals surface area contributed by atoms with Gasteiger partial charge in [-0.3, -0.25) is 9.78 Å². The predicted octanol–water partition coefficient (Wildman–Crippen LogP) is 3.33. The quantitative estimate of drug-likeness (QED) is 0.859. The predicted molar refractivity (Wildman–Crippen MR) is 75.0 cm³/mol. The van der Waals surface area contributed by atoms with Crippen LogP contribution in [-0.4, -0.2) is 17.5 Å². The van der Waals surface area contributed by atoms with E-state index in [1.807, 2.05) is 0 Å². The molecular formula is C15H12F2N2O2. The lowest BCUT2D eigenvalue weighted by molar-refractivity contribution is -0.111. The number of anilines is 1. The Morgan fingerprint density at radius 3 is 2.76 bits per heavy atom. The van der Waals surface area contributed by atoms with Gasteiger partial charge in [-0.25, -0.2) is 0 Å². The molecule has 0 bridgehead atoms. The standard InChI is InChI=1S/C15H12F2N2O2/c16-15(17)21-13-6-2-1-5-12(13)19-14(20)8-7-11-4-3-9-18-10-11/h1-10,15H,(H,19,20)/b8-7+. The van der Waals surface area contributed by atoms with Crippen LogP contribution in [0, 0.1) is 0 Å². The molecule has 6 heteroatoms. The van der Waals surface area contributed by atoms with Crippen molar-refractivity contribution < 1.29 is 18.3 Å². The average molecular weight is 290 g/mol. The number of aromatic nitrogens is 1. The van der Waals surface area contributed by atoms with Crippen molar-refractivity contribution in [2.75, 3.05) is 5.32 Å². The first-order valence-corrected chi connectivity index (χ1v) is 6.08. The second-order valence-electron chi connectivity index (χ2n) is 3.98. The van der Waals surface area contributed by atoms with Crippen LogP contribution >= 0.6 is 0 Å². The molecule has 2 rings (SSSR count). The molecule has 1 aromatic carbocycles. The Bertz CT molecular complexity index is 631. The number of para-hydroxylation sites is 2. The summed E-state index contributed by atoms with van der Waals surface area (Å²) in [5.74, 6) is -0.542. The number of alkyl halides is 2. The molecule has 108 valence electrons. The van der Waals surface area contributed by atoms with Crippen molar-refractivity contribution >= 4 is 17.7 Å². The van der Waals surface area contributed by atoms with Gasteiger partial charge in [-0.2, -0.15) is 8.78 Å². The number of carbonyl (C=O) groups is 1. The summed E-state index contributed by atoms with van der Waals surface area (Å²) < 4.78 is 28.8. The molecule has 0 aliphatic heterocycles. The first-order valence-electron chi connectivity index (χ1n) is 6.08. The van der Waals surface area contributed by atoms with Crippen molar-refractivity contribution in [3.05, 3.63) is 60.4 Å². The molecule has 0 aliphatic rings. The molecular weight excluding hydrogens is 278 g/mol. The minimum atomic E-state index is -2.95. The van der Waals surface area contributed by atoms with Crippen LogP contribution in [-0.2, 0) is 4.79 Å². The van der Waals surface area contributed by atoms with Gasteiger partial charge in [0.25, 0.3) is 0 Å². The molecule has 2 aromatic rings. The van der Waals surface area contributed by atoms with Crippen molar-refractivity contribution in [1.82, 2.24) is 4.98 Å². The van der Waals surface area contributed by atoms with Gasteiger partial charge in [-0.05, 0) is 29.8 Å². The number of nitrogens with one attached hydrogen (secondary N) is 1. The minimum absolute atomic E-state index is 0.0874. The Balaban J connectivity index is 2.04. The van der Waals surface area contributed by atoms with E-state index in [1.165, 1.54) is 18.2 Å². The number of pyridine rings is 1. The minimum Gasteiger partial charge on any atom is -0.433 e. The number of hydrogen-bond donors (Lipinski definition) is 1.